The number of anilines is 1. The van der Waals surface area contributed by atoms with Gasteiger partial charge in [0, 0.05) is 24.8 Å². The van der Waals surface area contributed by atoms with E-state index in [9.17, 15) is 4.79 Å². The van der Waals surface area contributed by atoms with E-state index in [1.807, 2.05) is 30.5 Å². The lowest BCUT2D eigenvalue weighted by Crippen LogP contribution is -2.36. The molecule has 0 saturated carbocycles. The lowest BCUT2D eigenvalue weighted by molar-refractivity contribution is -0.0970. The van der Waals surface area contributed by atoms with Gasteiger partial charge in [0.2, 0.25) is 0 Å². The predicted molar refractivity (Wildman–Crippen MR) is 73.1 cm³/mol. The molecule has 0 aliphatic carbocycles. The molecule has 0 heterocycles. The summed E-state index contributed by atoms with van der Waals surface area (Å²) in [5, 5.41) is 5.38. The molecule has 1 rings (SSSR count). The summed E-state index contributed by atoms with van der Waals surface area (Å²) in [6.07, 6.45) is 1.57. The van der Waals surface area contributed by atoms with Crippen molar-refractivity contribution in [3.8, 4) is 0 Å². The normalized spacial score (nSPS) is 10.4. The second-order valence-electron chi connectivity index (χ2n) is 3.46. The fraction of sp³-hybridized carbons (Fsp3) is 0.417. The van der Waals surface area contributed by atoms with Crippen LogP contribution in [-0.4, -0.2) is 39.3 Å². The molecule has 5 nitrogen and oxygen atoms in total. The zero-order valence-corrected chi connectivity index (χ0v) is 11.5. The van der Waals surface area contributed by atoms with Crippen LogP contribution >= 0.6 is 11.8 Å². The minimum absolute atomic E-state index is 0.286. The van der Waals surface area contributed by atoms with E-state index in [2.05, 4.69) is 10.6 Å². The summed E-state index contributed by atoms with van der Waals surface area (Å²) in [5.74, 6) is 0. The monoisotopic (exact) mass is 270 g/mol. The van der Waals surface area contributed by atoms with Gasteiger partial charge in [0.25, 0.3) is 0 Å². The SMILES string of the molecule is COC(CNC(=O)Nc1ccc(SC)cc1)OC. The largest absolute Gasteiger partial charge is 0.354 e. The molecule has 0 aromatic heterocycles. The number of thioether (sulfide) groups is 1. The first-order chi connectivity index (χ1) is 8.69. The van der Waals surface area contributed by atoms with Gasteiger partial charge in [0.15, 0.2) is 6.29 Å². The fourth-order valence-electron chi connectivity index (χ4n) is 1.29. The summed E-state index contributed by atoms with van der Waals surface area (Å²) < 4.78 is 9.93. The molecule has 0 saturated heterocycles. The van der Waals surface area contributed by atoms with Gasteiger partial charge < -0.3 is 20.1 Å². The van der Waals surface area contributed by atoms with E-state index in [1.165, 1.54) is 14.2 Å². The number of rotatable bonds is 6. The Bertz CT molecular complexity index is 366. The molecular formula is C12H18N2O3S. The standard InChI is InChI=1S/C12H18N2O3S/c1-16-11(17-2)8-13-12(15)14-9-4-6-10(18-3)7-5-9/h4-7,11H,8H2,1-3H3,(H2,13,14,15). The summed E-state index contributed by atoms with van der Waals surface area (Å²) in [5.41, 5.74) is 0.747. The van der Waals surface area contributed by atoms with Crippen molar-refractivity contribution in [2.24, 2.45) is 0 Å². The lowest BCUT2D eigenvalue weighted by atomic mass is 10.3. The van der Waals surface area contributed by atoms with Crippen LogP contribution in [0.3, 0.4) is 0 Å². The molecule has 0 aliphatic rings. The number of methoxy groups -OCH3 is 2. The zero-order chi connectivity index (χ0) is 13.4. The Morgan fingerprint density at radius 2 is 1.89 bits per heavy atom. The maximum Gasteiger partial charge on any atom is 0.319 e. The Labute approximate surface area is 111 Å². The molecule has 6 heteroatoms. The molecule has 18 heavy (non-hydrogen) atoms. The number of hydrogen-bond acceptors (Lipinski definition) is 4. The average molecular weight is 270 g/mol. The molecule has 1 aromatic carbocycles. The number of ether oxygens (including phenoxy) is 2. The van der Waals surface area contributed by atoms with Crippen LogP contribution in [0.1, 0.15) is 0 Å². The highest BCUT2D eigenvalue weighted by molar-refractivity contribution is 7.98. The van der Waals surface area contributed by atoms with Crippen molar-refractivity contribution in [1.82, 2.24) is 5.32 Å². The second kappa shape index (κ2) is 7.97. The van der Waals surface area contributed by atoms with Gasteiger partial charge >= 0.3 is 6.03 Å². The first kappa shape index (κ1) is 14.8. The van der Waals surface area contributed by atoms with Crippen LogP contribution in [0.4, 0.5) is 10.5 Å². The van der Waals surface area contributed by atoms with Crippen LogP contribution in [0.5, 0.6) is 0 Å². The lowest BCUT2D eigenvalue weighted by Gasteiger charge is -2.14. The molecule has 0 radical (unpaired) electrons. The fourth-order valence-corrected chi connectivity index (χ4v) is 1.70. The Hall–Kier alpha value is -1.24. The third-order valence-electron chi connectivity index (χ3n) is 2.30. The quantitative estimate of drug-likeness (QED) is 0.614. The molecule has 2 amide bonds. The van der Waals surface area contributed by atoms with Crippen molar-refractivity contribution in [2.75, 3.05) is 32.3 Å². The zero-order valence-electron chi connectivity index (χ0n) is 10.7. The van der Waals surface area contributed by atoms with E-state index < -0.39 is 6.29 Å². The van der Waals surface area contributed by atoms with Crippen molar-refractivity contribution in [1.29, 1.82) is 0 Å². The highest BCUT2D eigenvalue weighted by atomic mass is 32.2. The molecule has 2 N–H and O–H groups in total. The Balaban J connectivity index is 2.39. The molecule has 100 valence electrons. The van der Waals surface area contributed by atoms with Crippen molar-refractivity contribution in [3.05, 3.63) is 24.3 Å². The number of hydrogen-bond donors (Lipinski definition) is 2. The first-order valence-corrected chi connectivity index (χ1v) is 6.66. The van der Waals surface area contributed by atoms with Crippen molar-refractivity contribution < 1.29 is 14.3 Å². The van der Waals surface area contributed by atoms with E-state index >= 15 is 0 Å². The van der Waals surface area contributed by atoms with E-state index in [0.717, 1.165) is 10.6 Å². The van der Waals surface area contributed by atoms with Crippen molar-refractivity contribution in [3.63, 3.8) is 0 Å². The minimum atomic E-state index is -0.436. The smallest absolute Gasteiger partial charge is 0.319 e. The van der Waals surface area contributed by atoms with E-state index in [-0.39, 0.29) is 6.03 Å². The van der Waals surface area contributed by atoms with Gasteiger partial charge in [-0.15, -0.1) is 11.8 Å². The predicted octanol–water partition coefficient (Wildman–Crippen LogP) is 2.15. The number of urea groups is 1. The summed E-state index contributed by atoms with van der Waals surface area (Å²) in [6.45, 7) is 0.293. The maximum absolute atomic E-state index is 11.6. The van der Waals surface area contributed by atoms with Gasteiger partial charge in [-0.2, -0.15) is 0 Å². The molecular weight excluding hydrogens is 252 g/mol. The van der Waals surface area contributed by atoms with Crippen LogP contribution in [0.15, 0.2) is 29.2 Å². The summed E-state index contributed by atoms with van der Waals surface area (Å²) in [6, 6.07) is 7.33. The summed E-state index contributed by atoms with van der Waals surface area (Å²) in [7, 11) is 3.05. The first-order valence-electron chi connectivity index (χ1n) is 5.44. The number of benzene rings is 1. The van der Waals surface area contributed by atoms with E-state index in [1.54, 1.807) is 11.8 Å². The highest BCUT2D eigenvalue weighted by Crippen LogP contribution is 2.17. The maximum atomic E-state index is 11.6. The van der Waals surface area contributed by atoms with Crippen LogP contribution in [0, 0.1) is 0 Å². The van der Waals surface area contributed by atoms with Gasteiger partial charge in [0.05, 0.1) is 6.54 Å². The molecule has 0 spiro atoms. The van der Waals surface area contributed by atoms with Gasteiger partial charge in [-0.1, -0.05) is 0 Å². The van der Waals surface area contributed by atoms with Crippen molar-refractivity contribution in [2.45, 2.75) is 11.2 Å². The average Bonchev–Trinajstić information content (AvgIpc) is 2.41. The second-order valence-corrected chi connectivity index (χ2v) is 4.34. The van der Waals surface area contributed by atoms with Crippen LogP contribution < -0.4 is 10.6 Å². The van der Waals surface area contributed by atoms with Gasteiger partial charge in [0.1, 0.15) is 0 Å². The Morgan fingerprint density at radius 1 is 1.28 bits per heavy atom. The minimum Gasteiger partial charge on any atom is -0.354 e. The third-order valence-corrected chi connectivity index (χ3v) is 3.05. The molecule has 0 aliphatic heterocycles. The van der Waals surface area contributed by atoms with Crippen molar-refractivity contribution >= 4 is 23.5 Å². The molecule has 0 atom stereocenters. The topological polar surface area (TPSA) is 59.6 Å². The molecule has 0 fully saturated rings. The van der Waals surface area contributed by atoms with Crippen LogP contribution in [0.25, 0.3) is 0 Å². The van der Waals surface area contributed by atoms with Crippen LogP contribution in [0.2, 0.25) is 0 Å². The van der Waals surface area contributed by atoms with Gasteiger partial charge in [-0.3, -0.25) is 0 Å². The number of carbonyl (C=O) groups excluding carboxylic acids is 1. The third kappa shape index (κ3) is 4.95. The summed E-state index contributed by atoms with van der Waals surface area (Å²) in [4.78, 5) is 12.7. The van der Waals surface area contributed by atoms with E-state index in [4.69, 9.17) is 9.47 Å². The molecule has 0 unspecified atom stereocenters. The highest BCUT2D eigenvalue weighted by Gasteiger charge is 2.07. The molecule has 1 aromatic rings. The van der Waals surface area contributed by atoms with Crippen LogP contribution in [-0.2, 0) is 9.47 Å². The Morgan fingerprint density at radius 3 is 2.39 bits per heavy atom. The molecule has 0 bridgehead atoms. The van der Waals surface area contributed by atoms with Gasteiger partial charge in [-0.25, -0.2) is 4.79 Å². The number of nitrogens with one attached hydrogen (secondary N) is 2. The summed E-state index contributed by atoms with van der Waals surface area (Å²) >= 11 is 1.66. The Kier molecular flexibility index (Phi) is 6.56. The number of amides is 2. The van der Waals surface area contributed by atoms with E-state index in [0.29, 0.717) is 6.54 Å². The van der Waals surface area contributed by atoms with Gasteiger partial charge in [-0.05, 0) is 30.5 Å². The number of carbonyl (C=O) groups is 1.